The average Bonchev–Trinajstić information content (AvgIpc) is 3.41. The summed E-state index contributed by atoms with van der Waals surface area (Å²) >= 11 is 1.62. The predicted octanol–water partition coefficient (Wildman–Crippen LogP) is 4.86. The van der Waals surface area contributed by atoms with E-state index in [4.69, 9.17) is 10.1 Å². The van der Waals surface area contributed by atoms with Crippen molar-refractivity contribution in [2.45, 2.75) is 25.3 Å². The Kier molecular flexibility index (Phi) is 5.65. The molecule has 2 aromatic heterocycles. The van der Waals surface area contributed by atoms with Crippen molar-refractivity contribution in [3.63, 3.8) is 0 Å². The second-order valence-corrected chi connectivity index (χ2v) is 8.55. The Labute approximate surface area is 179 Å². The third kappa shape index (κ3) is 3.86. The van der Waals surface area contributed by atoms with Crippen LogP contribution in [0, 0.1) is 0 Å². The van der Waals surface area contributed by atoms with Crippen LogP contribution < -0.4 is 0 Å². The first-order valence-electron chi connectivity index (χ1n) is 9.88. The molecule has 2 N–H and O–H groups in total. The van der Waals surface area contributed by atoms with Gasteiger partial charge in [-0.15, -0.1) is 11.3 Å². The van der Waals surface area contributed by atoms with E-state index in [0.29, 0.717) is 6.04 Å². The number of nitrogens with zero attached hydrogens (tertiary/aromatic N) is 3. The van der Waals surface area contributed by atoms with Crippen molar-refractivity contribution < 1.29 is 9.90 Å². The van der Waals surface area contributed by atoms with Crippen LogP contribution in [0.2, 0.25) is 0 Å². The molecule has 0 amide bonds. The number of aromatic amines is 1. The van der Waals surface area contributed by atoms with E-state index in [1.54, 1.807) is 29.7 Å². The minimum atomic E-state index is -0.925. The van der Waals surface area contributed by atoms with Crippen molar-refractivity contribution in [2.75, 3.05) is 14.1 Å². The molecule has 154 valence electrons. The average molecular weight is 421 g/mol. The van der Waals surface area contributed by atoms with Crippen molar-refractivity contribution in [1.29, 1.82) is 0 Å². The lowest BCUT2D eigenvalue weighted by molar-refractivity contribution is 0.0697. The zero-order valence-electron chi connectivity index (χ0n) is 17.2. The standard InChI is InChI=1S/C23H24N4O2S/c1-4-18(27(2)3)20(21-24-11-12-25-21)16-9-10-17-19(13-16)30-22(26-17)14-5-7-15(8-6-14)23(28)29/h5-13,18,20H,4H2,1-3H3,(H,24,25)(H,28,29). The summed E-state index contributed by atoms with van der Waals surface area (Å²) in [5.74, 6) is 0.166. The number of imidazole rings is 1. The van der Waals surface area contributed by atoms with E-state index in [0.717, 1.165) is 33.0 Å². The number of thiazole rings is 1. The van der Waals surface area contributed by atoms with E-state index in [-0.39, 0.29) is 11.5 Å². The van der Waals surface area contributed by atoms with Gasteiger partial charge in [0, 0.05) is 24.0 Å². The van der Waals surface area contributed by atoms with Gasteiger partial charge in [-0.3, -0.25) is 0 Å². The Bertz CT molecular complexity index is 1150. The van der Waals surface area contributed by atoms with Crippen LogP contribution in [-0.2, 0) is 0 Å². The summed E-state index contributed by atoms with van der Waals surface area (Å²) in [7, 11) is 4.21. The summed E-state index contributed by atoms with van der Waals surface area (Å²) in [6, 6.07) is 13.6. The van der Waals surface area contributed by atoms with E-state index < -0.39 is 5.97 Å². The van der Waals surface area contributed by atoms with Gasteiger partial charge in [0.2, 0.25) is 0 Å². The maximum Gasteiger partial charge on any atom is 0.335 e. The third-order valence-electron chi connectivity index (χ3n) is 5.43. The Hall–Kier alpha value is -3.03. The van der Waals surface area contributed by atoms with E-state index in [2.05, 4.69) is 54.1 Å². The first kappa shape index (κ1) is 20.3. The van der Waals surface area contributed by atoms with Gasteiger partial charge in [0.1, 0.15) is 10.8 Å². The summed E-state index contributed by atoms with van der Waals surface area (Å²) in [4.78, 5) is 26.0. The van der Waals surface area contributed by atoms with Crippen LogP contribution in [-0.4, -0.2) is 51.1 Å². The lowest BCUT2D eigenvalue weighted by Crippen LogP contribution is -2.34. The molecule has 30 heavy (non-hydrogen) atoms. The molecule has 0 aliphatic carbocycles. The van der Waals surface area contributed by atoms with Gasteiger partial charge in [-0.2, -0.15) is 0 Å². The number of H-pyrrole nitrogens is 1. The summed E-state index contributed by atoms with van der Waals surface area (Å²) in [6.45, 7) is 2.20. The fourth-order valence-electron chi connectivity index (χ4n) is 3.92. The van der Waals surface area contributed by atoms with Gasteiger partial charge in [0.05, 0.1) is 21.7 Å². The molecule has 0 bridgehead atoms. The molecule has 4 rings (SSSR count). The molecule has 0 aliphatic rings. The van der Waals surface area contributed by atoms with Gasteiger partial charge in [-0.25, -0.2) is 14.8 Å². The summed E-state index contributed by atoms with van der Waals surface area (Å²) in [6.07, 6.45) is 4.67. The van der Waals surface area contributed by atoms with Gasteiger partial charge in [-0.05, 0) is 50.3 Å². The zero-order chi connectivity index (χ0) is 21.3. The Morgan fingerprint density at radius 2 is 1.97 bits per heavy atom. The predicted molar refractivity (Wildman–Crippen MR) is 120 cm³/mol. The first-order chi connectivity index (χ1) is 14.5. The highest BCUT2D eigenvalue weighted by Gasteiger charge is 2.28. The molecule has 0 fully saturated rings. The van der Waals surface area contributed by atoms with E-state index in [1.165, 1.54) is 5.56 Å². The van der Waals surface area contributed by atoms with Crippen LogP contribution in [0.1, 0.15) is 41.0 Å². The fraction of sp³-hybridized carbons (Fsp3) is 0.261. The summed E-state index contributed by atoms with van der Waals surface area (Å²) in [5, 5.41) is 9.98. The Balaban J connectivity index is 1.74. The van der Waals surface area contributed by atoms with Gasteiger partial charge >= 0.3 is 5.97 Å². The smallest absolute Gasteiger partial charge is 0.335 e. The lowest BCUT2D eigenvalue weighted by atomic mass is 9.88. The Morgan fingerprint density at radius 1 is 1.20 bits per heavy atom. The number of carbonyl (C=O) groups is 1. The minimum absolute atomic E-state index is 0.129. The molecular weight excluding hydrogens is 396 g/mol. The normalized spacial score (nSPS) is 13.6. The maximum atomic E-state index is 11.1. The SMILES string of the molecule is CCC(C(c1ccc2nc(-c3ccc(C(=O)O)cc3)sc2c1)c1ncc[nH]1)N(C)C. The number of fused-ring (bicyclic) bond motifs is 1. The molecule has 0 aliphatic heterocycles. The van der Waals surface area contributed by atoms with Crippen molar-refractivity contribution in [2.24, 2.45) is 0 Å². The van der Waals surface area contributed by atoms with E-state index >= 15 is 0 Å². The molecule has 6 nitrogen and oxygen atoms in total. The second kappa shape index (κ2) is 8.38. The third-order valence-corrected chi connectivity index (χ3v) is 6.50. The number of carboxylic acids is 1. The topological polar surface area (TPSA) is 82.1 Å². The molecule has 2 unspecified atom stereocenters. The largest absolute Gasteiger partial charge is 0.478 e. The minimum Gasteiger partial charge on any atom is -0.478 e. The van der Waals surface area contributed by atoms with Crippen LogP contribution in [0.5, 0.6) is 0 Å². The van der Waals surface area contributed by atoms with Crippen LogP contribution in [0.3, 0.4) is 0 Å². The van der Waals surface area contributed by atoms with Crippen LogP contribution >= 0.6 is 11.3 Å². The molecule has 2 heterocycles. The molecule has 2 atom stereocenters. The summed E-state index contributed by atoms with van der Waals surface area (Å²) < 4.78 is 1.11. The highest BCUT2D eigenvalue weighted by molar-refractivity contribution is 7.21. The number of hydrogen-bond acceptors (Lipinski definition) is 5. The monoisotopic (exact) mass is 420 g/mol. The molecular formula is C23H24N4O2S. The van der Waals surface area contributed by atoms with Gasteiger partial charge in [0.25, 0.3) is 0 Å². The molecule has 0 spiro atoms. The highest BCUT2D eigenvalue weighted by Crippen LogP contribution is 2.35. The van der Waals surface area contributed by atoms with Gasteiger partial charge in [-0.1, -0.05) is 25.1 Å². The number of likely N-dealkylation sites (N-methyl/N-ethyl adjacent to an activating group) is 1. The molecule has 2 aromatic carbocycles. The van der Waals surface area contributed by atoms with Crippen LogP contribution in [0.25, 0.3) is 20.8 Å². The lowest BCUT2D eigenvalue weighted by Gasteiger charge is -2.31. The number of rotatable bonds is 7. The number of aromatic nitrogens is 3. The number of benzene rings is 2. The Morgan fingerprint density at radius 3 is 2.57 bits per heavy atom. The van der Waals surface area contributed by atoms with Crippen molar-refractivity contribution in [3.8, 4) is 10.6 Å². The van der Waals surface area contributed by atoms with Crippen molar-refractivity contribution in [1.82, 2.24) is 19.9 Å². The molecule has 4 aromatic rings. The highest BCUT2D eigenvalue weighted by atomic mass is 32.1. The number of hydrogen-bond donors (Lipinski definition) is 2. The number of aromatic carboxylic acids is 1. The number of carboxylic acid groups (broad SMARTS) is 1. The van der Waals surface area contributed by atoms with Crippen LogP contribution in [0.15, 0.2) is 54.9 Å². The van der Waals surface area contributed by atoms with Gasteiger partial charge in [0.15, 0.2) is 0 Å². The zero-order valence-corrected chi connectivity index (χ0v) is 18.0. The molecule has 0 saturated heterocycles. The second-order valence-electron chi connectivity index (χ2n) is 7.52. The first-order valence-corrected chi connectivity index (χ1v) is 10.7. The van der Waals surface area contributed by atoms with Crippen molar-refractivity contribution in [3.05, 3.63) is 71.8 Å². The molecule has 0 saturated carbocycles. The fourth-order valence-corrected chi connectivity index (χ4v) is 4.94. The quantitative estimate of drug-likeness (QED) is 0.446. The van der Waals surface area contributed by atoms with E-state index in [1.807, 2.05) is 18.3 Å². The number of nitrogens with one attached hydrogen (secondary N) is 1. The van der Waals surface area contributed by atoms with Crippen molar-refractivity contribution >= 4 is 27.5 Å². The van der Waals surface area contributed by atoms with Gasteiger partial charge < -0.3 is 15.0 Å². The maximum absolute atomic E-state index is 11.1. The molecule has 7 heteroatoms. The summed E-state index contributed by atoms with van der Waals surface area (Å²) in [5.41, 5.74) is 3.34. The van der Waals surface area contributed by atoms with Crippen LogP contribution in [0.4, 0.5) is 0 Å². The van der Waals surface area contributed by atoms with E-state index in [9.17, 15) is 4.79 Å². The molecule has 0 radical (unpaired) electrons.